The Labute approximate surface area is 167 Å². The Kier molecular flexibility index (Phi) is 5.78. The number of aromatic amines is 1. The monoisotopic (exact) mass is 424 g/mol. The number of carbonyl (C=O) groups is 1. The third-order valence-corrected chi connectivity index (χ3v) is 4.33. The lowest BCUT2D eigenvalue weighted by Crippen LogP contribution is -2.34. The minimum Gasteiger partial charge on any atom is -0.486 e. The van der Waals surface area contributed by atoms with Gasteiger partial charge in [-0.2, -0.15) is 13.2 Å². The van der Waals surface area contributed by atoms with Crippen molar-refractivity contribution in [2.75, 3.05) is 0 Å². The second-order valence-electron chi connectivity index (χ2n) is 6.14. The molecule has 0 spiro atoms. The van der Waals surface area contributed by atoms with Crippen LogP contribution in [0.25, 0.3) is 10.9 Å². The van der Waals surface area contributed by atoms with Crippen molar-refractivity contribution >= 4 is 28.4 Å². The van der Waals surface area contributed by atoms with Crippen molar-refractivity contribution < 1.29 is 22.7 Å². The number of benzene rings is 1. The van der Waals surface area contributed by atoms with Crippen molar-refractivity contribution in [3.63, 3.8) is 0 Å². The van der Waals surface area contributed by atoms with Crippen LogP contribution in [0.3, 0.4) is 0 Å². The van der Waals surface area contributed by atoms with Gasteiger partial charge in [0.15, 0.2) is 0 Å². The van der Waals surface area contributed by atoms with E-state index in [0.717, 1.165) is 0 Å². The molecule has 1 radical (unpaired) electrons. The number of alkyl halides is 3. The molecule has 10 heteroatoms. The second kappa shape index (κ2) is 8.12. The molecule has 1 aromatic carbocycles. The van der Waals surface area contributed by atoms with Crippen LogP contribution >= 0.6 is 11.6 Å². The van der Waals surface area contributed by atoms with Crippen molar-refractivity contribution in [2.24, 2.45) is 0 Å². The highest BCUT2D eigenvalue weighted by Crippen LogP contribution is 2.30. The molecule has 2 aromatic heterocycles. The number of hydrogen-bond acceptors (Lipinski definition) is 4. The lowest BCUT2D eigenvalue weighted by molar-refractivity contribution is -0.174. The summed E-state index contributed by atoms with van der Waals surface area (Å²) >= 11 is 6.22. The van der Waals surface area contributed by atoms with E-state index in [9.17, 15) is 22.8 Å². The van der Waals surface area contributed by atoms with Gasteiger partial charge in [-0.05, 0) is 31.2 Å². The molecule has 0 saturated heterocycles. The third kappa shape index (κ3) is 4.86. The molecule has 1 N–H and O–H groups in total. The molecule has 0 saturated carbocycles. The maximum atomic E-state index is 12.4. The van der Waals surface area contributed by atoms with E-state index in [-0.39, 0.29) is 17.2 Å². The van der Waals surface area contributed by atoms with Crippen LogP contribution in [0.15, 0.2) is 47.4 Å². The Bertz CT molecular complexity index is 1100. The van der Waals surface area contributed by atoms with Crippen molar-refractivity contribution in [3.8, 4) is 5.75 Å². The van der Waals surface area contributed by atoms with Gasteiger partial charge in [0.05, 0.1) is 22.3 Å². The van der Waals surface area contributed by atoms with E-state index in [1.54, 1.807) is 18.3 Å². The fourth-order valence-electron chi connectivity index (χ4n) is 2.60. The Hall–Kier alpha value is -3.07. The van der Waals surface area contributed by atoms with Crippen LogP contribution in [0.4, 0.5) is 13.2 Å². The SMILES string of the molecule is C[C@H]([N]C(=O)C(F)(F)F)c1cc2cc(Cl)c(OCc3ccccn3)cc2[nH]c1=O. The predicted octanol–water partition coefficient (Wildman–Crippen LogP) is 3.91. The molecular formula is C19H14ClF3N3O3. The van der Waals surface area contributed by atoms with Crippen LogP contribution in [0.1, 0.15) is 24.2 Å². The zero-order chi connectivity index (χ0) is 21.2. The van der Waals surface area contributed by atoms with E-state index in [0.29, 0.717) is 22.3 Å². The minimum absolute atomic E-state index is 0.0895. The molecule has 6 nitrogen and oxygen atoms in total. The lowest BCUT2D eigenvalue weighted by atomic mass is 10.1. The zero-order valence-corrected chi connectivity index (χ0v) is 15.7. The molecule has 0 aliphatic heterocycles. The number of H-pyrrole nitrogens is 1. The fraction of sp³-hybridized carbons (Fsp3) is 0.211. The lowest BCUT2D eigenvalue weighted by Gasteiger charge is -2.14. The number of nitrogens with one attached hydrogen (secondary N) is 1. The Morgan fingerprint density at radius 2 is 2.07 bits per heavy atom. The molecular weight excluding hydrogens is 411 g/mol. The largest absolute Gasteiger partial charge is 0.486 e. The van der Waals surface area contributed by atoms with Gasteiger partial charge in [0.2, 0.25) is 0 Å². The van der Waals surface area contributed by atoms with Crippen LogP contribution in [-0.4, -0.2) is 22.1 Å². The molecule has 2 heterocycles. The van der Waals surface area contributed by atoms with Gasteiger partial charge >= 0.3 is 12.1 Å². The third-order valence-electron chi connectivity index (χ3n) is 4.03. The van der Waals surface area contributed by atoms with Gasteiger partial charge < -0.3 is 9.72 Å². The molecule has 1 atom stereocenters. The van der Waals surface area contributed by atoms with Crippen LogP contribution < -0.4 is 15.6 Å². The smallest absolute Gasteiger partial charge is 0.473 e. The number of pyridine rings is 2. The predicted molar refractivity (Wildman–Crippen MR) is 99.8 cm³/mol. The molecule has 3 aromatic rings. The molecule has 1 amide bonds. The van der Waals surface area contributed by atoms with E-state index >= 15 is 0 Å². The standard InChI is InChI=1S/C19H14ClF3N3O3/c1-10(25-18(28)19(21,22)23)13-6-11-7-14(20)16(8-15(11)26-17(13)27)29-9-12-4-2-3-5-24-12/h2-8,10H,9H2,1H3,(H,26,27)/t10-/m0/s1. The van der Waals surface area contributed by atoms with Crippen LogP contribution in [-0.2, 0) is 11.4 Å². The summed E-state index contributed by atoms with van der Waals surface area (Å²) in [6, 6.07) is 8.43. The van der Waals surface area contributed by atoms with Crippen molar-refractivity contribution in [3.05, 3.63) is 69.2 Å². The van der Waals surface area contributed by atoms with E-state index in [4.69, 9.17) is 16.3 Å². The summed E-state index contributed by atoms with van der Waals surface area (Å²) in [7, 11) is 0. The quantitative estimate of drug-likeness (QED) is 0.672. The van der Waals surface area contributed by atoms with Gasteiger partial charge in [0.25, 0.3) is 5.56 Å². The summed E-state index contributed by atoms with van der Waals surface area (Å²) in [5.74, 6) is -1.95. The number of ether oxygens (including phenoxy) is 1. The highest BCUT2D eigenvalue weighted by Gasteiger charge is 2.40. The van der Waals surface area contributed by atoms with Gasteiger partial charge in [-0.1, -0.05) is 17.7 Å². The highest BCUT2D eigenvalue weighted by molar-refractivity contribution is 6.32. The second-order valence-corrected chi connectivity index (χ2v) is 6.55. The van der Waals surface area contributed by atoms with Crippen molar-refractivity contribution in [2.45, 2.75) is 25.7 Å². The molecule has 0 aliphatic rings. The van der Waals surface area contributed by atoms with Gasteiger partial charge in [-0.15, -0.1) is 0 Å². The van der Waals surface area contributed by atoms with Gasteiger partial charge in [-0.25, -0.2) is 5.32 Å². The topological polar surface area (TPSA) is 86.2 Å². The maximum absolute atomic E-state index is 12.4. The molecule has 3 rings (SSSR count). The van der Waals surface area contributed by atoms with Crippen molar-refractivity contribution in [1.82, 2.24) is 15.3 Å². The first-order valence-electron chi connectivity index (χ1n) is 8.36. The van der Waals surface area contributed by atoms with Crippen molar-refractivity contribution in [1.29, 1.82) is 0 Å². The number of fused-ring (bicyclic) bond motifs is 1. The summed E-state index contributed by atoms with van der Waals surface area (Å²) in [6.07, 6.45) is -3.48. The Morgan fingerprint density at radius 3 is 2.72 bits per heavy atom. The number of aromatic nitrogens is 2. The van der Waals surface area contributed by atoms with Crippen LogP contribution in [0, 0.1) is 0 Å². The molecule has 0 fully saturated rings. The first-order valence-corrected chi connectivity index (χ1v) is 8.74. The Morgan fingerprint density at radius 1 is 1.31 bits per heavy atom. The number of halogens is 4. The van der Waals surface area contributed by atoms with Gasteiger partial charge in [0.1, 0.15) is 12.4 Å². The summed E-state index contributed by atoms with van der Waals surface area (Å²) in [6.45, 7) is 1.38. The van der Waals surface area contributed by atoms with E-state index < -0.39 is 23.7 Å². The van der Waals surface area contributed by atoms with E-state index in [1.165, 1.54) is 25.1 Å². The number of nitrogens with zero attached hydrogens (tertiary/aromatic N) is 2. The number of carbonyl (C=O) groups excluding carboxylic acids is 1. The number of hydrogen-bond donors (Lipinski definition) is 1. The van der Waals surface area contributed by atoms with Gasteiger partial charge in [-0.3, -0.25) is 14.6 Å². The average Bonchev–Trinajstić information content (AvgIpc) is 2.66. The summed E-state index contributed by atoms with van der Waals surface area (Å²) in [5.41, 5.74) is 0.292. The Balaban J connectivity index is 1.86. The molecule has 29 heavy (non-hydrogen) atoms. The van der Waals surface area contributed by atoms with Crippen LogP contribution in [0.5, 0.6) is 5.75 Å². The molecule has 151 valence electrons. The summed E-state index contributed by atoms with van der Waals surface area (Å²) in [4.78, 5) is 30.0. The van der Waals surface area contributed by atoms with Gasteiger partial charge in [0, 0.05) is 23.2 Å². The highest BCUT2D eigenvalue weighted by atomic mass is 35.5. The maximum Gasteiger partial charge on any atom is 0.473 e. The van der Waals surface area contributed by atoms with Crippen LogP contribution in [0.2, 0.25) is 5.02 Å². The minimum atomic E-state index is -5.10. The molecule has 0 unspecified atom stereocenters. The zero-order valence-electron chi connectivity index (χ0n) is 15.0. The van der Waals surface area contributed by atoms with E-state index in [1.807, 2.05) is 6.07 Å². The normalized spacial score (nSPS) is 12.6. The first kappa shape index (κ1) is 20.7. The van der Waals surface area contributed by atoms with E-state index in [2.05, 4.69) is 15.3 Å². The molecule has 0 bridgehead atoms. The first-order chi connectivity index (χ1) is 13.6. The summed E-state index contributed by atoms with van der Waals surface area (Å²) < 4.78 is 42.9. The number of amides is 1. The number of rotatable bonds is 5. The average molecular weight is 425 g/mol. The summed E-state index contributed by atoms with van der Waals surface area (Å²) in [5, 5.41) is 3.73. The molecule has 0 aliphatic carbocycles. The fourth-order valence-corrected chi connectivity index (χ4v) is 2.83.